The van der Waals surface area contributed by atoms with Gasteiger partial charge in [0, 0.05) is 36.6 Å². The highest BCUT2D eigenvalue weighted by Crippen LogP contribution is 2.41. The number of likely N-dealkylation sites (tertiary alicyclic amines) is 1. The van der Waals surface area contributed by atoms with Crippen molar-refractivity contribution in [3.63, 3.8) is 0 Å². The van der Waals surface area contributed by atoms with Crippen molar-refractivity contribution in [2.45, 2.75) is 44.9 Å². The molecular weight excluding hydrogens is 478 g/mol. The SMILES string of the molecule is Cc1c(F)ccc(C2CCN(C(=O)c3n[nH]c4c3CN(C(=O)c3ccncc3)C4)CC2)c1C(F)(F)F. The molecule has 5 rings (SSSR count). The summed E-state index contributed by atoms with van der Waals surface area (Å²) in [5.41, 5.74) is 0.798. The molecule has 2 aliphatic rings. The maximum Gasteiger partial charge on any atom is 0.417 e. The van der Waals surface area contributed by atoms with E-state index in [-0.39, 0.29) is 42.7 Å². The van der Waals surface area contributed by atoms with Crippen LogP contribution in [0.4, 0.5) is 17.6 Å². The van der Waals surface area contributed by atoms with Gasteiger partial charge in [0.1, 0.15) is 5.82 Å². The number of rotatable bonds is 3. The summed E-state index contributed by atoms with van der Waals surface area (Å²) in [6.07, 6.45) is -0.955. The number of amides is 2. The van der Waals surface area contributed by atoms with Gasteiger partial charge in [0.25, 0.3) is 11.8 Å². The molecule has 36 heavy (non-hydrogen) atoms. The van der Waals surface area contributed by atoms with Crippen molar-refractivity contribution in [3.05, 3.63) is 81.7 Å². The summed E-state index contributed by atoms with van der Waals surface area (Å²) in [4.78, 5) is 33.1. The molecular formula is C25H23F4N5O2. The Bertz CT molecular complexity index is 1310. The lowest BCUT2D eigenvalue weighted by molar-refractivity contribution is -0.139. The second kappa shape index (κ2) is 9.03. The van der Waals surface area contributed by atoms with Crippen LogP contribution in [0.1, 0.15) is 67.6 Å². The highest BCUT2D eigenvalue weighted by atomic mass is 19.4. The van der Waals surface area contributed by atoms with Crippen LogP contribution in [-0.2, 0) is 19.3 Å². The maximum atomic E-state index is 13.9. The Morgan fingerprint density at radius 2 is 1.69 bits per heavy atom. The zero-order valence-corrected chi connectivity index (χ0v) is 19.4. The number of alkyl halides is 3. The molecule has 2 aliphatic heterocycles. The Morgan fingerprint density at radius 1 is 1.00 bits per heavy atom. The molecule has 2 amide bonds. The van der Waals surface area contributed by atoms with E-state index in [0.29, 0.717) is 36.2 Å². The minimum absolute atomic E-state index is 0.0689. The molecule has 1 aromatic carbocycles. The highest BCUT2D eigenvalue weighted by Gasteiger charge is 2.39. The van der Waals surface area contributed by atoms with Crippen molar-refractivity contribution in [2.24, 2.45) is 0 Å². The number of fused-ring (bicyclic) bond motifs is 1. The number of carbonyl (C=O) groups excluding carboxylic acids is 2. The summed E-state index contributed by atoms with van der Waals surface area (Å²) in [6.45, 7) is 2.16. The lowest BCUT2D eigenvalue weighted by atomic mass is 9.84. The number of piperidine rings is 1. The van der Waals surface area contributed by atoms with Gasteiger partial charge in [-0.25, -0.2) is 4.39 Å². The number of aromatic nitrogens is 3. The highest BCUT2D eigenvalue weighted by molar-refractivity contribution is 5.96. The standard InChI is InChI=1S/C25H23F4N5O2/c1-14-19(26)3-2-17(21(14)25(27,28)29)15-6-10-33(11-7-15)24(36)22-18-12-34(13-20(18)31-32-22)23(35)16-4-8-30-9-5-16/h2-5,8-9,15H,6-7,10-13H2,1H3,(H,31,32). The average Bonchev–Trinajstić information content (AvgIpc) is 3.46. The van der Waals surface area contributed by atoms with Crippen molar-refractivity contribution in [1.29, 1.82) is 0 Å². The second-order valence-corrected chi connectivity index (χ2v) is 9.13. The molecule has 1 fully saturated rings. The number of carbonyl (C=O) groups is 2. The van der Waals surface area contributed by atoms with E-state index in [1.54, 1.807) is 21.9 Å². The van der Waals surface area contributed by atoms with E-state index < -0.39 is 29.0 Å². The second-order valence-electron chi connectivity index (χ2n) is 9.13. The molecule has 0 spiro atoms. The third-order valence-electron chi connectivity index (χ3n) is 7.00. The van der Waals surface area contributed by atoms with Crippen LogP contribution in [0.2, 0.25) is 0 Å². The van der Waals surface area contributed by atoms with Gasteiger partial charge in [0.05, 0.1) is 24.3 Å². The summed E-state index contributed by atoms with van der Waals surface area (Å²) < 4.78 is 54.9. The fraction of sp³-hybridized carbons (Fsp3) is 0.360. The summed E-state index contributed by atoms with van der Waals surface area (Å²) >= 11 is 0. The maximum absolute atomic E-state index is 13.9. The normalized spacial score (nSPS) is 16.4. The molecule has 0 unspecified atom stereocenters. The van der Waals surface area contributed by atoms with Crippen molar-refractivity contribution >= 4 is 11.8 Å². The van der Waals surface area contributed by atoms with E-state index in [9.17, 15) is 27.2 Å². The predicted molar refractivity (Wildman–Crippen MR) is 120 cm³/mol. The monoisotopic (exact) mass is 501 g/mol. The van der Waals surface area contributed by atoms with Crippen LogP contribution in [0.15, 0.2) is 36.7 Å². The van der Waals surface area contributed by atoms with E-state index in [4.69, 9.17) is 0 Å². The Kier molecular flexibility index (Phi) is 6.01. The molecule has 188 valence electrons. The van der Waals surface area contributed by atoms with E-state index in [1.807, 2.05) is 0 Å². The minimum Gasteiger partial charge on any atom is -0.337 e. The summed E-state index contributed by atoms with van der Waals surface area (Å²) in [5, 5.41) is 7.02. The Hall–Kier alpha value is -3.76. The molecule has 0 bridgehead atoms. The zero-order chi connectivity index (χ0) is 25.6. The number of halogens is 4. The van der Waals surface area contributed by atoms with Gasteiger partial charge >= 0.3 is 6.18 Å². The Labute approximate surface area is 204 Å². The van der Waals surface area contributed by atoms with Crippen LogP contribution in [0.3, 0.4) is 0 Å². The van der Waals surface area contributed by atoms with Gasteiger partial charge in [0.15, 0.2) is 5.69 Å². The number of hydrogen-bond acceptors (Lipinski definition) is 4. The molecule has 0 aliphatic carbocycles. The third kappa shape index (κ3) is 4.22. The number of nitrogens with one attached hydrogen (secondary N) is 1. The van der Waals surface area contributed by atoms with Gasteiger partial charge in [-0.3, -0.25) is 19.7 Å². The number of aromatic amines is 1. The first-order valence-corrected chi connectivity index (χ1v) is 11.6. The molecule has 0 radical (unpaired) electrons. The topological polar surface area (TPSA) is 82.2 Å². The first-order valence-electron chi connectivity index (χ1n) is 11.6. The van der Waals surface area contributed by atoms with Gasteiger partial charge in [-0.05, 0) is 55.0 Å². The average molecular weight is 501 g/mol. The van der Waals surface area contributed by atoms with Gasteiger partial charge in [0.2, 0.25) is 0 Å². The van der Waals surface area contributed by atoms with Crippen LogP contribution in [0.25, 0.3) is 0 Å². The van der Waals surface area contributed by atoms with Crippen molar-refractivity contribution in [2.75, 3.05) is 13.1 Å². The molecule has 7 nitrogen and oxygen atoms in total. The lowest BCUT2D eigenvalue weighted by Gasteiger charge is -2.33. The number of pyridine rings is 1. The molecule has 0 saturated carbocycles. The summed E-state index contributed by atoms with van der Waals surface area (Å²) in [5.74, 6) is -1.84. The van der Waals surface area contributed by atoms with Crippen LogP contribution in [0, 0.1) is 12.7 Å². The van der Waals surface area contributed by atoms with E-state index in [1.165, 1.54) is 18.5 Å². The Balaban J connectivity index is 1.28. The molecule has 1 N–H and O–H groups in total. The summed E-state index contributed by atoms with van der Waals surface area (Å²) in [6, 6.07) is 5.53. The smallest absolute Gasteiger partial charge is 0.337 e. The van der Waals surface area contributed by atoms with Crippen LogP contribution >= 0.6 is 0 Å². The fourth-order valence-corrected chi connectivity index (χ4v) is 5.10. The molecule has 1 saturated heterocycles. The van der Waals surface area contributed by atoms with Gasteiger partial charge in [-0.15, -0.1) is 0 Å². The number of nitrogens with zero attached hydrogens (tertiary/aromatic N) is 4. The lowest BCUT2D eigenvalue weighted by Crippen LogP contribution is -2.39. The van der Waals surface area contributed by atoms with Crippen LogP contribution in [-0.4, -0.2) is 49.9 Å². The van der Waals surface area contributed by atoms with Crippen molar-refractivity contribution in [1.82, 2.24) is 25.0 Å². The molecule has 11 heteroatoms. The number of H-pyrrole nitrogens is 1. The van der Waals surface area contributed by atoms with E-state index in [0.717, 1.165) is 13.0 Å². The van der Waals surface area contributed by atoms with Gasteiger partial charge in [-0.2, -0.15) is 18.3 Å². The number of hydrogen-bond donors (Lipinski definition) is 1. The first kappa shape index (κ1) is 24.0. The Morgan fingerprint density at radius 3 is 2.36 bits per heavy atom. The zero-order valence-electron chi connectivity index (χ0n) is 19.4. The van der Waals surface area contributed by atoms with Crippen molar-refractivity contribution in [3.8, 4) is 0 Å². The minimum atomic E-state index is -4.66. The van der Waals surface area contributed by atoms with Crippen LogP contribution < -0.4 is 0 Å². The van der Waals surface area contributed by atoms with E-state index in [2.05, 4.69) is 15.2 Å². The van der Waals surface area contributed by atoms with Gasteiger partial charge < -0.3 is 9.80 Å². The van der Waals surface area contributed by atoms with E-state index >= 15 is 0 Å². The third-order valence-corrected chi connectivity index (χ3v) is 7.00. The molecule has 0 atom stereocenters. The largest absolute Gasteiger partial charge is 0.417 e. The predicted octanol–water partition coefficient (Wildman–Crippen LogP) is 4.45. The quantitative estimate of drug-likeness (QED) is 0.538. The van der Waals surface area contributed by atoms with Gasteiger partial charge in [-0.1, -0.05) is 6.07 Å². The van der Waals surface area contributed by atoms with Crippen LogP contribution in [0.5, 0.6) is 0 Å². The summed E-state index contributed by atoms with van der Waals surface area (Å²) in [7, 11) is 0. The van der Waals surface area contributed by atoms with Crippen molar-refractivity contribution < 1.29 is 27.2 Å². The first-order chi connectivity index (χ1) is 17.1. The molecule has 4 heterocycles. The fourth-order valence-electron chi connectivity index (χ4n) is 5.10. The molecule has 2 aromatic heterocycles. The number of benzene rings is 1. The molecule has 3 aromatic rings.